The SMILES string of the molecule is CN(C)CCn1ncc(NCC2(CCO)CC2)c(Cl)c1=O. The molecular weight excluding hydrogens is 292 g/mol. The molecule has 0 aromatic carbocycles. The molecule has 0 radical (unpaired) electrons. The number of aliphatic hydroxyl groups excluding tert-OH is 1. The first-order chi connectivity index (χ1) is 9.97. The number of nitrogens with one attached hydrogen (secondary N) is 1. The highest BCUT2D eigenvalue weighted by molar-refractivity contribution is 6.32. The average Bonchev–Trinajstić information content (AvgIpc) is 3.20. The summed E-state index contributed by atoms with van der Waals surface area (Å²) < 4.78 is 1.38. The summed E-state index contributed by atoms with van der Waals surface area (Å²) in [7, 11) is 3.89. The molecule has 1 fully saturated rings. The molecule has 1 heterocycles. The first kappa shape index (κ1) is 16.3. The van der Waals surface area contributed by atoms with E-state index in [4.69, 9.17) is 16.7 Å². The zero-order valence-corrected chi connectivity index (χ0v) is 13.4. The number of hydrogen-bond acceptors (Lipinski definition) is 5. The molecule has 2 rings (SSSR count). The second-order valence-electron chi connectivity index (χ2n) is 6.03. The van der Waals surface area contributed by atoms with E-state index >= 15 is 0 Å². The van der Waals surface area contributed by atoms with Gasteiger partial charge in [0, 0.05) is 19.7 Å². The van der Waals surface area contributed by atoms with E-state index < -0.39 is 0 Å². The van der Waals surface area contributed by atoms with Gasteiger partial charge >= 0.3 is 0 Å². The van der Waals surface area contributed by atoms with Gasteiger partial charge in [-0.05, 0) is 38.8 Å². The van der Waals surface area contributed by atoms with Crippen molar-refractivity contribution < 1.29 is 5.11 Å². The van der Waals surface area contributed by atoms with Crippen LogP contribution in [0.1, 0.15) is 19.3 Å². The van der Waals surface area contributed by atoms with Gasteiger partial charge in [-0.15, -0.1) is 0 Å². The van der Waals surface area contributed by atoms with Crippen LogP contribution in [-0.4, -0.2) is 53.6 Å². The van der Waals surface area contributed by atoms with Gasteiger partial charge < -0.3 is 15.3 Å². The van der Waals surface area contributed by atoms with Gasteiger partial charge in [-0.3, -0.25) is 4.79 Å². The molecule has 6 nitrogen and oxygen atoms in total. The van der Waals surface area contributed by atoms with E-state index in [0.717, 1.165) is 32.4 Å². The van der Waals surface area contributed by atoms with Crippen molar-refractivity contribution in [3.05, 3.63) is 21.6 Å². The monoisotopic (exact) mass is 314 g/mol. The summed E-state index contributed by atoms with van der Waals surface area (Å²) in [6.45, 7) is 2.16. The lowest BCUT2D eigenvalue weighted by atomic mass is 10.0. The second-order valence-corrected chi connectivity index (χ2v) is 6.41. The van der Waals surface area contributed by atoms with E-state index in [1.54, 1.807) is 6.20 Å². The van der Waals surface area contributed by atoms with Gasteiger partial charge in [0.2, 0.25) is 0 Å². The molecule has 0 saturated heterocycles. The van der Waals surface area contributed by atoms with Crippen LogP contribution in [0.25, 0.3) is 0 Å². The van der Waals surface area contributed by atoms with Crippen molar-refractivity contribution in [2.45, 2.75) is 25.8 Å². The normalized spacial score (nSPS) is 16.2. The molecule has 1 aromatic heterocycles. The molecule has 0 bridgehead atoms. The Hall–Kier alpha value is -1.11. The summed E-state index contributed by atoms with van der Waals surface area (Å²) in [5.41, 5.74) is 0.472. The summed E-state index contributed by atoms with van der Waals surface area (Å²) in [6, 6.07) is 0. The minimum atomic E-state index is -0.268. The maximum atomic E-state index is 12.1. The van der Waals surface area contributed by atoms with Crippen LogP contribution >= 0.6 is 11.6 Å². The maximum absolute atomic E-state index is 12.1. The number of aliphatic hydroxyl groups is 1. The van der Waals surface area contributed by atoms with Gasteiger partial charge in [-0.1, -0.05) is 11.6 Å². The van der Waals surface area contributed by atoms with Crippen molar-refractivity contribution in [1.82, 2.24) is 14.7 Å². The quantitative estimate of drug-likeness (QED) is 0.750. The Morgan fingerprint density at radius 2 is 2.24 bits per heavy atom. The summed E-state index contributed by atoms with van der Waals surface area (Å²) in [5, 5.41) is 16.6. The number of anilines is 1. The highest BCUT2D eigenvalue weighted by Gasteiger charge is 2.41. The Kier molecular flexibility index (Phi) is 5.24. The van der Waals surface area contributed by atoms with E-state index in [1.807, 2.05) is 19.0 Å². The lowest BCUT2D eigenvalue weighted by Gasteiger charge is -2.16. The summed E-state index contributed by atoms with van der Waals surface area (Å²) in [4.78, 5) is 14.1. The molecule has 0 amide bonds. The van der Waals surface area contributed by atoms with Gasteiger partial charge in [0.15, 0.2) is 0 Å². The fourth-order valence-corrected chi connectivity index (χ4v) is 2.47. The van der Waals surface area contributed by atoms with Crippen molar-refractivity contribution in [3.8, 4) is 0 Å². The van der Waals surface area contributed by atoms with Crippen LogP contribution in [0.15, 0.2) is 11.0 Å². The second kappa shape index (κ2) is 6.77. The Balaban J connectivity index is 2.01. The number of hydrogen-bond donors (Lipinski definition) is 2. The zero-order valence-electron chi connectivity index (χ0n) is 12.6. The van der Waals surface area contributed by atoms with E-state index in [2.05, 4.69) is 10.4 Å². The summed E-state index contributed by atoms with van der Waals surface area (Å²) >= 11 is 6.14. The predicted molar refractivity (Wildman–Crippen MR) is 83.9 cm³/mol. The standard InChI is InChI=1S/C14H23ClN4O2/c1-18(2)6-7-19-13(21)12(15)11(9-17-19)16-10-14(3-4-14)5-8-20/h9,16,20H,3-8,10H2,1-2H3. The van der Waals surface area contributed by atoms with E-state index in [9.17, 15) is 4.79 Å². The molecule has 0 unspecified atom stereocenters. The third-order valence-corrected chi connectivity index (χ3v) is 4.36. The van der Waals surface area contributed by atoms with Gasteiger partial charge in [0.25, 0.3) is 5.56 Å². The first-order valence-corrected chi connectivity index (χ1v) is 7.60. The number of nitrogens with zero attached hydrogens (tertiary/aromatic N) is 3. The summed E-state index contributed by atoms with van der Waals surface area (Å²) in [6.07, 6.45) is 4.59. The van der Waals surface area contributed by atoms with Gasteiger partial charge in [0.05, 0.1) is 18.4 Å². The Morgan fingerprint density at radius 3 is 2.81 bits per heavy atom. The van der Waals surface area contributed by atoms with Crippen molar-refractivity contribution >= 4 is 17.3 Å². The number of likely N-dealkylation sites (N-methyl/N-ethyl adjacent to an activating group) is 1. The highest BCUT2D eigenvalue weighted by Crippen LogP contribution is 2.48. The van der Waals surface area contributed by atoms with Crippen LogP contribution in [0.5, 0.6) is 0 Å². The molecule has 1 aliphatic rings. The largest absolute Gasteiger partial charge is 0.396 e. The van der Waals surface area contributed by atoms with E-state index in [0.29, 0.717) is 12.2 Å². The molecule has 1 saturated carbocycles. The zero-order chi connectivity index (χ0) is 15.5. The molecule has 0 aliphatic heterocycles. The minimum absolute atomic E-state index is 0.165. The van der Waals surface area contributed by atoms with Crippen LogP contribution < -0.4 is 10.9 Å². The molecule has 0 spiro atoms. The molecule has 1 aliphatic carbocycles. The van der Waals surface area contributed by atoms with Gasteiger partial charge in [-0.2, -0.15) is 5.10 Å². The topological polar surface area (TPSA) is 70.4 Å². The van der Waals surface area contributed by atoms with E-state index in [1.165, 1.54) is 4.68 Å². The number of aromatic nitrogens is 2. The highest BCUT2D eigenvalue weighted by atomic mass is 35.5. The van der Waals surface area contributed by atoms with Crippen molar-refractivity contribution in [3.63, 3.8) is 0 Å². The molecule has 2 N–H and O–H groups in total. The fraction of sp³-hybridized carbons (Fsp3) is 0.714. The van der Waals surface area contributed by atoms with Crippen LogP contribution in [0.2, 0.25) is 5.02 Å². The Labute approximate surface area is 129 Å². The molecule has 118 valence electrons. The number of rotatable bonds is 8. The molecule has 21 heavy (non-hydrogen) atoms. The van der Waals surface area contributed by atoms with Crippen molar-refractivity contribution in [2.24, 2.45) is 5.41 Å². The fourth-order valence-electron chi connectivity index (χ4n) is 2.25. The lowest BCUT2D eigenvalue weighted by molar-refractivity contribution is 0.253. The van der Waals surface area contributed by atoms with Gasteiger partial charge in [-0.25, -0.2) is 4.68 Å². The number of halogens is 1. The Morgan fingerprint density at radius 1 is 1.52 bits per heavy atom. The van der Waals surface area contributed by atoms with Crippen molar-refractivity contribution in [2.75, 3.05) is 39.1 Å². The summed E-state index contributed by atoms with van der Waals surface area (Å²) in [5.74, 6) is 0. The molecular formula is C14H23ClN4O2. The van der Waals surface area contributed by atoms with Crippen LogP contribution in [-0.2, 0) is 6.54 Å². The lowest BCUT2D eigenvalue weighted by Crippen LogP contribution is -2.29. The first-order valence-electron chi connectivity index (χ1n) is 7.22. The van der Waals surface area contributed by atoms with Gasteiger partial charge in [0.1, 0.15) is 5.02 Å². The smallest absolute Gasteiger partial charge is 0.287 e. The van der Waals surface area contributed by atoms with Crippen LogP contribution in [0.4, 0.5) is 5.69 Å². The van der Waals surface area contributed by atoms with Crippen molar-refractivity contribution in [1.29, 1.82) is 0 Å². The molecule has 1 aromatic rings. The van der Waals surface area contributed by atoms with E-state index in [-0.39, 0.29) is 22.6 Å². The maximum Gasteiger partial charge on any atom is 0.287 e. The predicted octanol–water partition coefficient (Wildman–Crippen LogP) is 1.03. The third kappa shape index (κ3) is 4.18. The average molecular weight is 315 g/mol. The van der Waals surface area contributed by atoms with Crippen LogP contribution in [0, 0.1) is 5.41 Å². The molecule has 0 atom stereocenters. The minimum Gasteiger partial charge on any atom is -0.396 e. The van der Waals surface area contributed by atoms with Crippen LogP contribution in [0.3, 0.4) is 0 Å². The Bertz CT molecular complexity index is 540. The molecule has 7 heteroatoms. The third-order valence-electron chi connectivity index (χ3n) is 4.00.